The highest BCUT2D eigenvalue weighted by Crippen LogP contribution is 2.38. The average molecular weight is 653 g/mol. The second kappa shape index (κ2) is 12.6. The van der Waals surface area contributed by atoms with Crippen molar-refractivity contribution in [2.45, 2.75) is 0 Å². The maximum Gasteiger partial charge on any atom is 0.194 e. The van der Waals surface area contributed by atoms with Crippen molar-refractivity contribution in [1.82, 2.24) is 4.57 Å². The van der Waals surface area contributed by atoms with E-state index in [-0.39, 0.29) is 0 Å². The fourth-order valence-corrected chi connectivity index (χ4v) is 12.2. The molecule has 0 amide bonds. The van der Waals surface area contributed by atoms with Crippen molar-refractivity contribution in [2.24, 2.45) is 0 Å². The Morgan fingerprint density at radius 3 is 1.72 bits per heavy atom. The van der Waals surface area contributed by atoms with Crippen molar-refractivity contribution in [2.75, 3.05) is 0 Å². The van der Waals surface area contributed by atoms with E-state index in [2.05, 4.69) is 130 Å². The van der Waals surface area contributed by atoms with Gasteiger partial charge in [-0.25, -0.2) is 9.69 Å². The van der Waals surface area contributed by atoms with Crippen LogP contribution in [0.25, 0.3) is 48.3 Å². The van der Waals surface area contributed by atoms with Gasteiger partial charge in [-0.3, -0.25) is 0 Å². The predicted octanol–water partition coefficient (Wildman–Crippen LogP) is 8.80. The zero-order chi connectivity index (χ0) is 34.1. The molecule has 0 aliphatic heterocycles. The first-order chi connectivity index (χ1) is 24.6. The van der Waals surface area contributed by atoms with E-state index in [1.165, 1.54) is 15.6 Å². The van der Waals surface area contributed by atoms with Crippen LogP contribution < -0.4 is 20.7 Å². The lowest BCUT2D eigenvalue weighted by Gasteiger charge is -2.34. The first-order valence-electron chi connectivity index (χ1n) is 16.3. The first kappa shape index (κ1) is 30.4. The van der Waals surface area contributed by atoms with Gasteiger partial charge in [-0.2, -0.15) is 5.26 Å². The molecule has 8 aromatic rings. The lowest BCUT2D eigenvalue weighted by molar-refractivity contribution is 1.18. The number of hydrogen-bond acceptors (Lipinski definition) is 1. The van der Waals surface area contributed by atoms with Gasteiger partial charge in [0.05, 0.1) is 35.8 Å². The van der Waals surface area contributed by atoms with Gasteiger partial charge in [0.1, 0.15) is 0 Å². The molecule has 232 valence electrons. The summed E-state index contributed by atoms with van der Waals surface area (Å²) in [6.45, 7) is 16.5. The monoisotopic (exact) mass is 652 g/mol. The van der Waals surface area contributed by atoms with E-state index in [4.69, 9.17) is 13.1 Å². The number of rotatable bonds is 6. The van der Waals surface area contributed by atoms with Crippen LogP contribution in [0.2, 0.25) is 0 Å². The minimum absolute atomic E-state index is 0.485. The third-order valence-electron chi connectivity index (χ3n) is 9.57. The van der Waals surface area contributed by atoms with Crippen molar-refractivity contribution < 1.29 is 0 Å². The minimum Gasteiger partial charge on any atom is -0.310 e. The number of nitriles is 1. The summed E-state index contributed by atoms with van der Waals surface area (Å²) in [4.78, 5) is 8.00. The van der Waals surface area contributed by atoms with Gasteiger partial charge in [0, 0.05) is 16.5 Å². The Bertz CT molecular complexity index is 2580. The molecular weight excluding hydrogens is 625 g/mol. The van der Waals surface area contributed by atoms with E-state index >= 15 is 0 Å². The van der Waals surface area contributed by atoms with Crippen LogP contribution in [0.4, 0.5) is 11.4 Å². The summed E-state index contributed by atoms with van der Waals surface area (Å²) < 4.78 is 2.15. The molecule has 0 atom stereocenters. The number of aromatic nitrogens is 1. The smallest absolute Gasteiger partial charge is 0.194 e. The molecule has 0 bridgehead atoms. The van der Waals surface area contributed by atoms with Crippen LogP contribution >= 0.6 is 0 Å². The van der Waals surface area contributed by atoms with Crippen LogP contribution in [0.15, 0.2) is 170 Å². The summed E-state index contributed by atoms with van der Waals surface area (Å²) in [5.41, 5.74) is 5.95. The number of para-hydroxylation sites is 1. The fraction of sp³-hybridized carbons (Fsp3) is 0. The van der Waals surface area contributed by atoms with Crippen molar-refractivity contribution in [3.63, 3.8) is 0 Å². The molecule has 1 heterocycles. The molecule has 8 rings (SSSR count). The van der Waals surface area contributed by atoms with Crippen LogP contribution in [0.1, 0.15) is 5.56 Å². The molecular formula is C45H28N4Si. The maximum atomic E-state index is 9.63. The molecule has 1 aromatic heterocycles. The fourth-order valence-electron chi connectivity index (χ4n) is 7.43. The number of hydrogen-bond donors (Lipinski definition) is 0. The van der Waals surface area contributed by atoms with Crippen LogP contribution in [0.3, 0.4) is 0 Å². The molecule has 0 spiro atoms. The summed E-state index contributed by atoms with van der Waals surface area (Å²) >= 11 is 0. The zero-order valence-corrected chi connectivity index (χ0v) is 28.0. The molecule has 4 nitrogen and oxygen atoms in total. The summed E-state index contributed by atoms with van der Waals surface area (Å²) in [5, 5.41) is 16.5. The van der Waals surface area contributed by atoms with Gasteiger partial charge in [-0.1, -0.05) is 133 Å². The Morgan fingerprint density at radius 1 is 0.520 bits per heavy atom. The maximum absolute atomic E-state index is 9.63. The average Bonchev–Trinajstić information content (AvgIpc) is 3.53. The molecule has 0 aliphatic rings. The third-order valence-corrected chi connectivity index (χ3v) is 14.3. The molecule has 5 heteroatoms. The highest BCUT2D eigenvalue weighted by atomic mass is 28.3. The van der Waals surface area contributed by atoms with Crippen molar-refractivity contribution in [1.29, 1.82) is 5.26 Å². The number of nitrogens with zero attached hydrogens (tertiary/aromatic N) is 4. The van der Waals surface area contributed by atoms with Gasteiger partial charge in [0.2, 0.25) is 0 Å². The molecule has 0 radical (unpaired) electrons. The Hall–Kier alpha value is -6.97. The van der Waals surface area contributed by atoms with Crippen LogP contribution in [0, 0.1) is 24.5 Å². The first-order valence-corrected chi connectivity index (χ1v) is 18.3. The van der Waals surface area contributed by atoms with Crippen LogP contribution in [0.5, 0.6) is 0 Å². The Labute approximate surface area is 292 Å². The molecule has 7 aromatic carbocycles. The number of benzene rings is 7. The minimum atomic E-state index is -2.83. The quantitative estimate of drug-likeness (QED) is 0.101. The van der Waals surface area contributed by atoms with E-state index in [0.717, 1.165) is 43.8 Å². The summed E-state index contributed by atoms with van der Waals surface area (Å²) in [6, 6.07) is 60.3. The van der Waals surface area contributed by atoms with Gasteiger partial charge in [-0.05, 0) is 69.2 Å². The summed E-state index contributed by atoms with van der Waals surface area (Å²) in [5.74, 6) is 0. The zero-order valence-electron chi connectivity index (χ0n) is 27.0. The van der Waals surface area contributed by atoms with Gasteiger partial charge in [0.25, 0.3) is 0 Å². The molecule has 0 fully saturated rings. The lowest BCUT2D eigenvalue weighted by atomic mass is 10.0. The largest absolute Gasteiger partial charge is 0.310 e. The standard InChI is InChI=1S/C45H28N4Si/c1-47-34-27-33(28-35(29-34)49-44-21-13-12-20-41(44)42-26-32(31-46)22-25-45(42)49)40-24-23-39(30-43(40)48-2)50(36-14-6-3-7-15-36,37-16-8-4-9-17-37)38-18-10-5-11-19-38/h3-30H. The third kappa shape index (κ3) is 4.88. The Kier molecular flexibility index (Phi) is 7.63. The predicted molar refractivity (Wildman–Crippen MR) is 207 cm³/mol. The normalized spacial score (nSPS) is 11.1. The number of fused-ring (bicyclic) bond motifs is 3. The molecule has 0 saturated heterocycles. The molecule has 0 unspecified atom stereocenters. The van der Waals surface area contributed by atoms with Gasteiger partial charge in [-0.15, -0.1) is 0 Å². The second-order valence-corrected chi connectivity index (χ2v) is 16.0. The van der Waals surface area contributed by atoms with E-state index in [1.807, 2.05) is 60.7 Å². The topological polar surface area (TPSA) is 37.4 Å². The molecule has 0 aliphatic carbocycles. The van der Waals surface area contributed by atoms with Crippen molar-refractivity contribution in [3.05, 3.63) is 198 Å². The second-order valence-electron chi connectivity index (χ2n) is 12.2. The molecule has 0 N–H and O–H groups in total. The van der Waals surface area contributed by atoms with Crippen LogP contribution in [-0.2, 0) is 0 Å². The van der Waals surface area contributed by atoms with Crippen LogP contribution in [-0.4, -0.2) is 12.6 Å². The van der Waals surface area contributed by atoms with Crippen molar-refractivity contribution >= 4 is 62.0 Å². The molecule has 50 heavy (non-hydrogen) atoms. The summed E-state index contributed by atoms with van der Waals surface area (Å²) in [6.07, 6.45) is 0. The Morgan fingerprint density at radius 2 is 1.12 bits per heavy atom. The SMILES string of the molecule is [C-]#[N+]c1cc(-c2ccc([Si](c3ccccc3)(c3ccccc3)c3ccccc3)cc2[N+]#[C-])cc(-n2c3ccccc3c3cc(C#N)ccc32)c1. The highest BCUT2D eigenvalue weighted by molar-refractivity contribution is 7.19. The van der Waals surface area contributed by atoms with Gasteiger partial charge in [0.15, 0.2) is 19.4 Å². The lowest BCUT2D eigenvalue weighted by Crippen LogP contribution is -2.74. The van der Waals surface area contributed by atoms with Crippen molar-refractivity contribution in [3.8, 4) is 22.9 Å². The van der Waals surface area contributed by atoms with E-state index < -0.39 is 8.07 Å². The van der Waals surface area contributed by atoms with E-state index in [9.17, 15) is 5.26 Å². The Balaban J connectivity index is 1.37. The molecule has 0 saturated carbocycles. The highest BCUT2D eigenvalue weighted by Gasteiger charge is 2.41. The van der Waals surface area contributed by atoms with E-state index in [0.29, 0.717) is 16.9 Å². The summed E-state index contributed by atoms with van der Waals surface area (Å²) in [7, 11) is -2.83. The van der Waals surface area contributed by atoms with Gasteiger partial charge < -0.3 is 4.57 Å². The van der Waals surface area contributed by atoms with Gasteiger partial charge >= 0.3 is 0 Å². The van der Waals surface area contributed by atoms with E-state index in [1.54, 1.807) is 0 Å².